The topological polar surface area (TPSA) is 58.9 Å². The Morgan fingerprint density at radius 2 is 1.75 bits per heavy atom. The van der Waals surface area contributed by atoms with Gasteiger partial charge in [0.05, 0.1) is 37.6 Å². The highest BCUT2D eigenvalue weighted by Gasteiger charge is 2.20. The van der Waals surface area contributed by atoms with Crippen molar-refractivity contribution in [3.63, 3.8) is 0 Å². The first-order chi connectivity index (χ1) is 7.61. The van der Waals surface area contributed by atoms with Crippen LogP contribution in [0.4, 0.5) is 0 Å². The van der Waals surface area contributed by atoms with Crippen molar-refractivity contribution in [3.05, 3.63) is 0 Å². The molecule has 0 saturated heterocycles. The largest absolute Gasteiger partial charge is 0.394 e. The molecule has 0 aromatic carbocycles. The molecule has 0 radical (unpaired) electrons. The minimum absolute atomic E-state index is 0.00833. The Labute approximate surface area is 97.6 Å². The van der Waals surface area contributed by atoms with Crippen molar-refractivity contribution in [1.82, 2.24) is 0 Å². The summed E-state index contributed by atoms with van der Waals surface area (Å²) in [4.78, 5) is 0. The summed E-state index contributed by atoms with van der Waals surface area (Å²) in [6.45, 7) is 4.39. The molecule has 0 aliphatic heterocycles. The van der Waals surface area contributed by atoms with E-state index in [0.717, 1.165) is 25.7 Å². The maximum atomic E-state index is 9.35. The molecule has 4 heteroatoms. The molecule has 2 N–H and O–H groups in total. The highest BCUT2D eigenvalue weighted by atomic mass is 16.5. The Bertz CT molecular complexity index is 178. The van der Waals surface area contributed by atoms with Crippen molar-refractivity contribution in [3.8, 4) is 0 Å². The zero-order valence-electron chi connectivity index (χ0n) is 10.3. The van der Waals surface area contributed by atoms with E-state index in [2.05, 4.69) is 0 Å². The zero-order chi connectivity index (χ0) is 12.0. The molecule has 1 aliphatic rings. The molecule has 1 fully saturated rings. The Morgan fingerprint density at radius 3 is 2.31 bits per heavy atom. The molecule has 16 heavy (non-hydrogen) atoms. The number of hydrogen-bond donors (Lipinski definition) is 2. The normalized spacial score (nSPS) is 30.0. The van der Waals surface area contributed by atoms with Gasteiger partial charge in [0.25, 0.3) is 0 Å². The number of hydrogen-bond acceptors (Lipinski definition) is 4. The first-order valence-electron chi connectivity index (χ1n) is 6.17. The predicted octanol–water partition coefficient (Wildman–Crippen LogP) is 1.09. The monoisotopic (exact) mass is 232 g/mol. The summed E-state index contributed by atoms with van der Waals surface area (Å²) >= 11 is 0. The molecule has 0 spiro atoms. The van der Waals surface area contributed by atoms with Gasteiger partial charge in [0.15, 0.2) is 0 Å². The van der Waals surface area contributed by atoms with Gasteiger partial charge in [-0.05, 0) is 39.5 Å². The van der Waals surface area contributed by atoms with E-state index < -0.39 is 0 Å². The van der Waals surface area contributed by atoms with Crippen LogP contribution in [0.1, 0.15) is 39.5 Å². The molecule has 4 nitrogen and oxygen atoms in total. The first kappa shape index (κ1) is 13.9. The van der Waals surface area contributed by atoms with Crippen LogP contribution in [0.25, 0.3) is 0 Å². The highest BCUT2D eigenvalue weighted by Crippen LogP contribution is 2.21. The first-order valence-corrected chi connectivity index (χ1v) is 6.17. The SMILES string of the molecule is CC(CO)OC(C)COC1CCC(O)CC1. The van der Waals surface area contributed by atoms with Gasteiger partial charge < -0.3 is 19.7 Å². The maximum Gasteiger partial charge on any atom is 0.0785 e. The van der Waals surface area contributed by atoms with E-state index in [1.807, 2.05) is 13.8 Å². The van der Waals surface area contributed by atoms with Gasteiger partial charge in [0, 0.05) is 0 Å². The van der Waals surface area contributed by atoms with Crippen LogP contribution in [0, 0.1) is 0 Å². The van der Waals surface area contributed by atoms with E-state index in [-0.39, 0.29) is 31.0 Å². The Balaban J connectivity index is 2.09. The van der Waals surface area contributed by atoms with Crippen LogP contribution in [0.15, 0.2) is 0 Å². The Hall–Kier alpha value is -0.160. The fourth-order valence-corrected chi connectivity index (χ4v) is 1.96. The molecule has 2 unspecified atom stereocenters. The molecule has 0 heterocycles. The summed E-state index contributed by atoms with van der Waals surface area (Å²) in [7, 11) is 0. The smallest absolute Gasteiger partial charge is 0.0785 e. The van der Waals surface area contributed by atoms with E-state index in [1.165, 1.54) is 0 Å². The highest BCUT2D eigenvalue weighted by molar-refractivity contribution is 4.72. The molecular weight excluding hydrogens is 208 g/mol. The van der Waals surface area contributed by atoms with Crippen molar-refractivity contribution < 1.29 is 19.7 Å². The lowest BCUT2D eigenvalue weighted by Gasteiger charge is -2.27. The van der Waals surface area contributed by atoms with Crippen LogP contribution in [-0.4, -0.2) is 47.8 Å². The number of rotatable bonds is 6. The molecule has 96 valence electrons. The van der Waals surface area contributed by atoms with Crippen molar-refractivity contribution in [2.45, 2.75) is 63.9 Å². The molecule has 1 aliphatic carbocycles. The van der Waals surface area contributed by atoms with Crippen molar-refractivity contribution in [2.24, 2.45) is 0 Å². The second kappa shape index (κ2) is 7.22. The van der Waals surface area contributed by atoms with E-state index in [0.29, 0.717) is 6.61 Å². The summed E-state index contributed by atoms with van der Waals surface area (Å²) in [5.41, 5.74) is 0. The van der Waals surface area contributed by atoms with Gasteiger partial charge in [-0.3, -0.25) is 0 Å². The van der Waals surface area contributed by atoms with Gasteiger partial charge in [-0.2, -0.15) is 0 Å². The zero-order valence-corrected chi connectivity index (χ0v) is 10.3. The average Bonchev–Trinajstić information content (AvgIpc) is 2.28. The molecule has 0 aromatic heterocycles. The Morgan fingerprint density at radius 1 is 1.12 bits per heavy atom. The second-order valence-electron chi connectivity index (χ2n) is 4.70. The van der Waals surface area contributed by atoms with Gasteiger partial charge in [-0.25, -0.2) is 0 Å². The minimum atomic E-state index is -0.136. The summed E-state index contributed by atoms with van der Waals surface area (Å²) in [5, 5.41) is 18.2. The van der Waals surface area contributed by atoms with Crippen LogP contribution >= 0.6 is 0 Å². The van der Waals surface area contributed by atoms with Gasteiger partial charge in [-0.1, -0.05) is 0 Å². The van der Waals surface area contributed by atoms with E-state index in [1.54, 1.807) is 0 Å². The lowest BCUT2D eigenvalue weighted by Crippen LogP contribution is -2.29. The van der Waals surface area contributed by atoms with Crippen LogP contribution in [-0.2, 0) is 9.47 Å². The second-order valence-corrected chi connectivity index (χ2v) is 4.70. The minimum Gasteiger partial charge on any atom is -0.394 e. The fourth-order valence-electron chi connectivity index (χ4n) is 1.96. The fraction of sp³-hybridized carbons (Fsp3) is 1.00. The maximum absolute atomic E-state index is 9.35. The van der Waals surface area contributed by atoms with Crippen LogP contribution in [0.5, 0.6) is 0 Å². The van der Waals surface area contributed by atoms with Gasteiger partial charge in [0.1, 0.15) is 0 Å². The van der Waals surface area contributed by atoms with E-state index in [4.69, 9.17) is 14.6 Å². The molecule has 0 amide bonds. The molecule has 1 saturated carbocycles. The molecular formula is C12H24O4. The average molecular weight is 232 g/mol. The standard InChI is InChI=1S/C12H24O4/c1-9(7-13)16-10(2)8-15-12-5-3-11(14)4-6-12/h9-14H,3-8H2,1-2H3. The van der Waals surface area contributed by atoms with Gasteiger partial charge in [0.2, 0.25) is 0 Å². The third kappa shape index (κ3) is 5.25. The predicted molar refractivity (Wildman–Crippen MR) is 61.3 cm³/mol. The molecule has 2 atom stereocenters. The third-order valence-electron chi connectivity index (χ3n) is 2.93. The summed E-state index contributed by atoms with van der Waals surface area (Å²) in [5.74, 6) is 0. The van der Waals surface area contributed by atoms with Crippen molar-refractivity contribution in [2.75, 3.05) is 13.2 Å². The van der Waals surface area contributed by atoms with Crippen molar-refractivity contribution in [1.29, 1.82) is 0 Å². The van der Waals surface area contributed by atoms with Gasteiger partial charge >= 0.3 is 0 Å². The summed E-state index contributed by atoms with van der Waals surface area (Å²) < 4.78 is 11.2. The van der Waals surface area contributed by atoms with Gasteiger partial charge in [-0.15, -0.1) is 0 Å². The molecule has 0 bridgehead atoms. The van der Waals surface area contributed by atoms with E-state index >= 15 is 0 Å². The van der Waals surface area contributed by atoms with Crippen LogP contribution in [0.2, 0.25) is 0 Å². The summed E-state index contributed by atoms with van der Waals surface area (Å²) in [6.07, 6.45) is 3.55. The van der Waals surface area contributed by atoms with Crippen molar-refractivity contribution >= 4 is 0 Å². The quantitative estimate of drug-likeness (QED) is 0.720. The Kier molecular flexibility index (Phi) is 6.28. The van der Waals surface area contributed by atoms with E-state index in [9.17, 15) is 5.11 Å². The lowest BCUT2D eigenvalue weighted by atomic mass is 9.95. The molecule has 1 rings (SSSR count). The summed E-state index contributed by atoms with van der Waals surface area (Å²) in [6, 6.07) is 0. The lowest BCUT2D eigenvalue weighted by molar-refractivity contribution is -0.0851. The number of aliphatic hydroxyl groups excluding tert-OH is 2. The van der Waals surface area contributed by atoms with Crippen LogP contribution < -0.4 is 0 Å². The molecule has 0 aromatic rings. The third-order valence-corrected chi connectivity index (χ3v) is 2.93. The van der Waals surface area contributed by atoms with Crippen LogP contribution in [0.3, 0.4) is 0 Å². The number of aliphatic hydroxyl groups is 2. The number of ether oxygens (including phenoxy) is 2.